The number of rotatable bonds is 0. The first-order valence-electron chi connectivity index (χ1n) is 0.428. The van der Waals surface area contributed by atoms with Crippen molar-refractivity contribution in [3.05, 3.63) is 5.41 Å². The number of hydrogen-bond acceptors (Lipinski definition) is 2. The molecule has 0 heterocycles. The summed E-state index contributed by atoms with van der Waals surface area (Å²) in [5, 5.41) is 6.76. The van der Waals surface area contributed by atoms with Gasteiger partial charge in [-0.3, -0.25) is 4.79 Å². The molecule has 4 nitrogen and oxygen atoms in total. The summed E-state index contributed by atoms with van der Waals surface area (Å²) in [6, 6.07) is 0. The first-order valence-corrected chi connectivity index (χ1v) is 0.428. The van der Waals surface area contributed by atoms with E-state index in [-0.39, 0.29) is 32.7 Å². The smallest absolute Gasteiger partial charge is 2.00 e. The molecule has 5 heteroatoms. The maximum Gasteiger partial charge on any atom is 4.00 e. The molecule has 0 aliphatic carbocycles. The molecule has 0 bridgehead atoms. The van der Waals surface area contributed by atoms with E-state index in [2.05, 4.69) is 0 Å². The van der Waals surface area contributed by atoms with Gasteiger partial charge in [0.1, 0.15) is 0 Å². The summed E-state index contributed by atoms with van der Waals surface area (Å²) in [7, 11) is 0. The Balaban J connectivity index is -0.00000000667. The van der Waals surface area contributed by atoms with E-state index in [1.165, 1.54) is 0 Å². The molecule has 0 aromatic rings. The molecule has 0 saturated heterocycles. The first-order chi connectivity index (χ1) is 1.41. The number of nitrogens with zero attached hydrogens (tertiary/aromatic N) is 1. The van der Waals surface area contributed by atoms with E-state index in [0.717, 1.165) is 0 Å². The number of hydrogen-bond donors (Lipinski definition) is 0. The van der Waals surface area contributed by atoms with Gasteiger partial charge in [0, 0.05) is 0 Å². The van der Waals surface area contributed by atoms with Crippen molar-refractivity contribution in [1.82, 2.24) is 0 Å². The van der Waals surface area contributed by atoms with Crippen LogP contribution in [0.1, 0.15) is 0 Å². The fraction of sp³-hybridized carbons (Fsp3) is 0. The predicted octanol–water partition coefficient (Wildman–Crippen LogP) is -0.406. The molecule has 0 rings (SSSR count). The van der Waals surface area contributed by atoms with E-state index < -0.39 is 0 Å². The van der Waals surface area contributed by atoms with Crippen LogP contribution in [-0.4, -0.2) is 11.6 Å². The topological polar surface area (TPSA) is 97.9 Å². The molecule has 1 N–H and O–H groups in total. The van der Waals surface area contributed by atoms with Gasteiger partial charge >= 0.3 is 21.7 Å². The number of isocyanates is 1. The molecule has 32 valence electrons. The second-order valence-electron chi connectivity index (χ2n) is 0.0913. The minimum Gasteiger partial charge on any atom is -2.00 e. The van der Waals surface area contributed by atoms with E-state index >= 15 is 0 Å². The Morgan fingerprint density at radius 3 is 1.50 bits per heavy atom. The minimum absolute atomic E-state index is 0. The molecule has 0 aromatic carbocycles. The van der Waals surface area contributed by atoms with E-state index in [9.17, 15) is 0 Å². The van der Waals surface area contributed by atoms with E-state index in [4.69, 9.17) is 10.2 Å². The fourth-order valence-electron chi connectivity index (χ4n) is 0. The Bertz CT molecular complexity index is 31.8. The quantitative estimate of drug-likeness (QED) is 0.248. The van der Waals surface area contributed by atoms with Crippen LogP contribution in [0.5, 0.6) is 0 Å². The molecule has 6 heavy (non-hydrogen) atoms. The third-order valence-corrected chi connectivity index (χ3v) is 0. The zero-order valence-corrected chi connectivity index (χ0v) is 4.27. The standard InChI is InChI=1S/CNO.H2O.O.Ti/c2-1-3;;;/h;1H2;;/q-1;;-2;+4/p-1. The monoisotopic (exact) mass is 123 g/mol. The van der Waals surface area contributed by atoms with Crippen molar-refractivity contribution in [2.24, 2.45) is 0 Å². The predicted molar refractivity (Wildman–Crippen MR) is 11.7 cm³/mol. The van der Waals surface area contributed by atoms with Crippen LogP contribution in [0, 0.1) is 0 Å². The van der Waals surface area contributed by atoms with Crippen LogP contribution >= 0.6 is 0 Å². The maximum absolute atomic E-state index is 8.24. The molecular formula is CHNO3Ti. The number of carbonyl (C=O) groups excluding carboxylic acids is 1. The van der Waals surface area contributed by atoms with Gasteiger partial charge in [-0.1, -0.05) is 0 Å². The van der Waals surface area contributed by atoms with E-state index in [1.807, 2.05) is 0 Å². The summed E-state index contributed by atoms with van der Waals surface area (Å²) in [4.78, 5) is 8.24. The molecule has 0 amide bonds. The van der Waals surface area contributed by atoms with Gasteiger partial charge in [0.15, 0.2) is 0 Å². The van der Waals surface area contributed by atoms with Crippen LogP contribution in [-0.2, 0) is 32.0 Å². The van der Waals surface area contributed by atoms with Crippen LogP contribution in [0.15, 0.2) is 0 Å². The van der Waals surface area contributed by atoms with Crippen LogP contribution in [0.3, 0.4) is 0 Å². The van der Waals surface area contributed by atoms with Crippen LogP contribution in [0.25, 0.3) is 5.41 Å². The molecule has 0 aromatic heterocycles. The maximum atomic E-state index is 8.24. The molecule has 0 saturated carbocycles. The average molecular weight is 123 g/mol. The van der Waals surface area contributed by atoms with Crippen molar-refractivity contribution < 1.29 is 37.5 Å². The van der Waals surface area contributed by atoms with Gasteiger partial charge in [-0.2, -0.15) is 0 Å². The van der Waals surface area contributed by atoms with Gasteiger partial charge in [0.2, 0.25) is 0 Å². The fourth-order valence-corrected chi connectivity index (χ4v) is 0. The van der Waals surface area contributed by atoms with Gasteiger partial charge in [-0.15, -0.1) is 0 Å². The van der Waals surface area contributed by atoms with Gasteiger partial charge in [-0.25, -0.2) is 0 Å². The molecule has 0 aliphatic rings. The summed E-state index contributed by atoms with van der Waals surface area (Å²) in [6.45, 7) is 0. The first kappa shape index (κ1) is 37.3. The van der Waals surface area contributed by atoms with Crippen molar-refractivity contribution in [3.8, 4) is 0 Å². The second kappa shape index (κ2) is 78.5. The van der Waals surface area contributed by atoms with Crippen LogP contribution < -0.4 is 0 Å². The second-order valence-corrected chi connectivity index (χ2v) is 0.0913. The molecule has 0 atom stereocenters. The summed E-state index contributed by atoms with van der Waals surface area (Å²) in [5.41, 5.74) is 0. The Hall–Kier alpha value is 0.0143. The summed E-state index contributed by atoms with van der Waals surface area (Å²) >= 11 is 0. The summed E-state index contributed by atoms with van der Waals surface area (Å²) in [6.07, 6.45) is 0.500. The van der Waals surface area contributed by atoms with Crippen LogP contribution in [0.2, 0.25) is 0 Å². The van der Waals surface area contributed by atoms with Gasteiger partial charge in [-0.05, 0) is 6.08 Å². The summed E-state index contributed by atoms with van der Waals surface area (Å²) < 4.78 is 0. The van der Waals surface area contributed by atoms with Crippen molar-refractivity contribution in [1.29, 1.82) is 0 Å². The minimum atomic E-state index is 0. The molecule has 0 aliphatic heterocycles. The van der Waals surface area contributed by atoms with Crippen molar-refractivity contribution in [2.75, 3.05) is 0 Å². The Labute approximate surface area is 49.6 Å². The van der Waals surface area contributed by atoms with Gasteiger partial charge < -0.3 is 16.4 Å². The van der Waals surface area contributed by atoms with Gasteiger partial charge in [0.25, 0.3) is 0 Å². The molecule has 0 radical (unpaired) electrons. The molecule has 0 fully saturated rings. The van der Waals surface area contributed by atoms with E-state index in [0.29, 0.717) is 6.08 Å². The largest absolute Gasteiger partial charge is 4.00 e. The van der Waals surface area contributed by atoms with E-state index in [1.54, 1.807) is 0 Å². The zero-order valence-electron chi connectivity index (χ0n) is 2.71. The zero-order chi connectivity index (χ0) is 2.71. The third-order valence-electron chi connectivity index (χ3n) is 0. The SMILES string of the molecule is [N-]=C=O.[O-2].[OH-].[Ti+4]. The van der Waals surface area contributed by atoms with Gasteiger partial charge in [0.05, 0.1) is 0 Å². The Morgan fingerprint density at radius 2 is 1.50 bits per heavy atom. The normalized spacial score (nSPS) is 1.33. The van der Waals surface area contributed by atoms with Crippen LogP contribution in [0.4, 0.5) is 0 Å². The third kappa shape index (κ3) is 179000. The Kier molecular flexibility index (Phi) is 488. The molecule has 0 unspecified atom stereocenters. The van der Waals surface area contributed by atoms with Crippen molar-refractivity contribution in [2.45, 2.75) is 0 Å². The Morgan fingerprint density at radius 1 is 1.50 bits per heavy atom. The molecule has 0 spiro atoms. The van der Waals surface area contributed by atoms with Crippen molar-refractivity contribution >= 4 is 6.08 Å². The van der Waals surface area contributed by atoms with Crippen molar-refractivity contribution in [3.63, 3.8) is 0 Å². The molecular weight excluding hydrogens is 122 g/mol. The summed E-state index contributed by atoms with van der Waals surface area (Å²) in [5.74, 6) is 0. The average Bonchev–Trinajstić information content (AvgIpc) is 0.918.